The highest BCUT2D eigenvalue weighted by atomic mass is 32.1. The van der Waals surface area contributed by atoms with E-state index in [1.54, 1.807) is 45.0 Å². The molecule has 32 heavy (non-hydrogen) atoms. The summed E-state index contributed by atoms with van der Waals surface area (Å²) in [6.45, 7) is 9.12. The standard InChI is InChI=1S/C24H35N3O4S/c1-8-12-16(3)25-21(28)20(18-14-11-10-13-17(18)9-2)27(7)22(29)19(15-32)26-23(30)31-24(4,5)6/h2,10-11,13-14,16,19-20,32H,8,12,15H2,1,3-7H3,(H,25,28)(H,26,30). The Bertz CT molecular complexity index is 844. The molecule has 0 spiro atoms. The summed E-state index contributed by atoms with van der Waals surface area (Å²) in [6.07, 6.45) is 6.62. The maximum Gasteiger partial charge on any atom is 0.408 e. The van der Waals surface area contributed by atoms with Crippen molar-refractivity contribution in [3.8, 4) is 12.3 Å². The second-order valence-corrected chi connectivity index (χ2v) is 9.03. The van der Waals surface area contributed by atoms with Crippen molar-refractivity contribution in [1.82, 2.24) is 15.5 Å². The summed E-state index contributed by atoms with van der Waals surface area (Å²) < 4.78 is 5.25. The number of terminal acetylenes is 1. The van der Waals surface area contributed by atoms with E-state index in [4.69, 9.17) is 11.2 Å². The number of hydrogen-bond acceptors (Lipinski definition) is 5. The van der Waals surface area contributed by atoms with Crippen LogP contribution in [0.15, 0.2) is 24.3 Å². The highest BCUT2D eigenvalue weighted by Gasteiger charge is 2.34. The van der Waals surface area contributed by atoms with Crippen LogP contribution in [-0.2, 0) is 14.3 Å². The fourth-order valence-corrected chi connectivity index (χ4v) is 3.48. The Hall–Kier alpha value is -2.66. The number of alkyl carbamates (subject to hydrolysis) is 1. The summed E-state index contributed by atoms with van der Waals surface area (Å²) in [5, 5.41) is 5.50. The van der Waals surface area contributed by atoms with Gasteiger partial charge < -0.3 is 20.3 Å². The highest BCUT2D eigenvalue weighted by molar-refractivity contribution is 7.80. The van der Waals surface area contributed by atoms with Crippen molar-refractivity contribution in [3.63, 3.8) is 0 Å². The van der Waals surface area contributed by atoms with E-state index in [1.807, 2.05) is 13.8 Å². The van der Waals surface area contributed by atoms with Crippen LogP contribution in [0.1, 0.15) is 64.6 Å². The molecule has 1 aromatic rings. The van der Waals surface area contributed by atoms with Crippen molar-refractivity contribution in [2.75, 3.05) is 12.8 Å². The zero-order valence-corrected chi connectivity index (χ0v) is 20.7. The number of carbonyl (C=O) groups is 3. The molecule has 176 valence electrons. The Morgan fingerprint density at radius 3 is 2.38 bits per heavy atom. The molecule has 3 unspecified atom stereocenters. The third-order valence-corrected chi connectivity index (χ3v) is 5.04. The molecule has 2 N–H and O–H groups in total. The largest absolute Gasteiger partial charge is 0.444 e. The van der Waals surface area contributed by atoms with Gasteiger partial charge in [-0.25, -0.2) is 4.79 Å². The van der Waals surface area contributed by atoms with E-state index in [9.17, 15) is 14.4 Å². The van der Waals surface area contributed by atoms with Crippen molar-refractivity contribution < 1.29 is 19.1 Å². The van der Waals surface area contributed by atoms with E-state index in [-0.39, 0.29) is 17.7 Å². The Balaban J connectivity index is 3.24. The van der Waals surface area contributed by atoms with Gasteiger partial charge in [0.2, 0.25) is 11.8 Å². The predicted octanol–water partition coefficient (Wildman–Crippen LogP) is 3.30. The lowest BCUT2D eigenvalue weighted by Gasteiger charge is -2.32. The van der Waals surface area contributed by atoms with Gasteiger partial charge in [0, 0.05) is 24.4 Å². The van der Waals surface area contributed by atoms with Crippen LogP contribution in [0.3, 0.4) is 0 Å². The van der Waals surface area contributed by atoms with E-state index in [0.717, 1.165) is 12.8 Å². The quantitative estimate of drug-likeness (QED) is 0.389. The van der Waals surface area contributed by atoms with Crippen LogP contribution in [-0.4, -0.2) is 53.3 Å². The molecule has 1 aromatic carbocycles. The molecule has 0 bridgehead atoms. The summed E-state index contributed by atoms with van der Waals surface area (Å²) in [5.41, 5.74) is 0.323. The minimum absolute atomic E-state index is 0.0276. The van der Waals surface area contributed by atoms with Crippen molar-refractivity contribution in [1.29, 1.82) is 0 Å². The molecule has 0 aliphatic heterocycles. The molecule has 8 heteroatoms. The van der Waals surface area contributed by atoms with Crippen LogP contribution in [0.25, 0.3) is 0 Å². The van der Waals surface area contributed by atoms with Gasteiger partial charge in [0.1, 0.15) is 17.7 Å². The first-order valence-corrected chi connectivity index (χ1v) is 11.3. The first-order chi connectivity index (χ1) is 14.9. The number of nitrogens with zero attached hydrogens (tertiary/aromatic N) is 1. The van der Waals surface area contributed by atoms with E-state index in [2.05, 4.69) is 29.2 Å². The number of thiol groups is 1. The van der Waals surface area contributed by atoms with E-state index in [0.29, 0.717) is 11.1 Å². The van der Waals surface area contributed by atoms with E-state index >= 15 is 0 Å². The third-order valence-electron chi connectivity index (χ3n) is 4.68. The molecule has 0 aliphatic carbocycles. The topological polar surface area (TPSA) is 87.7 Å². The first kappa shape index (κ1) is 27.4. The third kappa shape index (κ3) is 8.12. The molecule has 0 saturated carbocycles. The number of likely N-dealkylation sites (N-methyl/N-ethyl adjacent to an activating group) is 1. The highest BCUT2D eigenvalue weighted by Crippen LogP contribution is 2.25. The zero-order valence-electron chi connectivity index (χ0n) is 19.8. The number of hydrogen-bond donors (Lipinski definition) is 3. The molecular formula is C24H35N3O4S. The molecule has 0 heterocycles. The molecular weight excluding hydrogens is 426 g/mol. The summed E-state index contributed by atoms with van der Waals surface area (Å²) in [7, 11) is 1.51. The van der Waals surface area contributed by atoms with Gasteiger partial charge in [-0.3, -0.25) is 9.59 Å². The van der Waals surface area contributed by atoms with Crippen LogP contribution >= 0.6 is 12.6 Å². The van der Waals surface area contributed by atoms with Gasteiger partial charge in [-0.2, -0.15) is 12.6 Å². The second kappa shape index (κ2) is 12.4. The normalized spacial score (nSPS) is 13.8. The van der Waals surface area contributed by atoms with Gasteiger partial charge in [-0.1, -0.05) is 37.5 Å². The lowest BCUT2D eigenvalue weighted by Crippen LogP contribution is -2.53. The van der Waals surface area contributed by atoms with Crippen LogP contribution in [0, 0.1) is 12.3 Å². The van der Waals surface area contributed by atoms with Gasteiger partial charge in [0.05, 0.1) is 0 Å². The minimum atomic E-state index is -0.987. The lowest BCUT2D eigenvalue weighted by molar-refractivity contribution is -0.140. The predicted molar refractivity (Wildman–Crippen MR) is 129 cm³/mol. The van der Waals surface area contributed by atoms with Crippen LogP contribution in [0.5, 0.6) is 0 Å². The zero-order chi connectivity index (χ0) is 24.5. The van der Waals surface area contributed by atoms with Gasteiger partial charge >= 0.3 is 6.09 Å². The minimum Gasteiger partial charge on any atom is -0.444 e. The molecule has 0 saturated heterocycles. The van der Waals surface area contributed by atoms with Crippen molar-refractivity contribution in [2.45, 2.75) is 71.2 Å². The van der Waals surface area contributed by atoms with Gasteiger partial charge in [-0.05, 0) is 45.7 Å². The first-order valence-electron chi connectivity index (χ1n) is 10.7. The Labute approximate surface area is 197 Å². The van der Waals surface area contributed by atoms with Crippen molar-refractivity contribution >= 4 is 30.5 Å². The Morgan fingerprint density at radius 2 is 1.84 bits per heavy atom. The average Bonchev–Trinajstić information content (AvgIpc) is 2.70. The maximum atomic E-state index is 13.3. The molecule has 0 aromatic heterocycles. The molecule has 1 rings (SSSR count). The van der Waals surface area contributed by atoms with Gasteiger partial charge in [-0.15, -0.1) is 6.42 Å². The summed E-state index contributed by atoms with van der Waals surface area (Å²) >= 11 is 4.21. The van der Waals surface area contributed by atoms with Crippen LogP contribution < -0.4 is 10.6 Å². The van der Waals surface area contributed by atoms with E-state index < -0.39 is 29.7 Å². The van der Waals surface area contributed by atoms with Crippen LogP contribution in [0.4, 0.5) is 4.79 Å². The smallest absolute Gasteiger partial charge is 0.408 e. The Kier molecular flexibility index (Phi) is 10.6. The Morgan fingerprint density at radius 1 is 1.22 bits per heavy atom. The summed E-state index contributed by atoms with van der Waals surface area (Å²) in [6, 6.07) is 4.95. The lowest BCUT2D eigenvalue weighted by atomic mass is 9.97. The number of rotatable bonds is 9. The second-order valence-electron chi connectivity index (χ2n) is 8.66. The monoisotopic (exact) mass is 461 g/mol. The number of carbonyl (C=O) groups excluding carboxylic acids is 3. The number of amides is 3. The molecule has 0 fully saturated rings. The average molecular weight is 462 g/mol. The SMILES string of the molecule is C#Cc1ccccc1C(C(=O)NC(C)CCC)N(C)C(=O)C(CS)NC(=O)OC(C)(C)C. The molecule has 7 nitrogen and oxygen atoms in total. The van der Waals surface area contributed by atoms with Crippen LogP contribution in [0.2, 0.25) is 0 Å². The van der Waals surface area contributed by atoms with Gasteiger partial charge in [0.15, 0.2) is 0 Å². The fraction of sp³-hybridized carbons (Fsp3) is 0.542. The number of ether oxygens (including phenoxy) is 1. The summed E-state index contributed by atoms with van der Waals surface area (Å²) in [5.74, 6) is 1.78. The van der Waals surface area contributed by atoms with Gasteiger partial charge in [0.25, 0.3) is 0 Å². The maximum absolute atomic E-state index is 13.3. The molecule has 0 radical (unpaired) electrons. The molecule has 3 amide bonds. The molecule has 3 atom stereocenters. The number of nitrogens with one attached hydrogen (secondary N) is 2. The van der Waals surface area contributed by atoms with Crippen molar-refractivity contribution in [2.24, 2.45) is 0 Å². The molecule has 0 aliphatic rings. The summed E-state index contributed by atoms with van der Waals surface area (Å²) in [4.78, 5) is 40.0. The van der Waals surface area contributed by atoms with Crippen molar-refractivity contribution in [3.05, 3.63) is 35.4 Å². The van der Waals surface area contributed by atoms with E-state index in [1.165, 1.54) is 11.9 Å². The fourth-order valence-electron chi connectivity index (χ4n) is 3.23. The number of benzene rings is 1.